The van der Waals surface area contributed by atoms with Crippen LogP contribution in [0.3, 0.4) is 0 Å². The van der Waals surface area contributed by atoms with Crippen LogP contribution >= 0.6 is 0 Å². The number of likely N-dealkylation sites (tertiary alicyclic amines) is 1. The zero-order chi connectivity index (χ0) is 13.9. The summed E-state index contributed by atoms with van der Waals surface area (Å²) in [6, 6.07) is 0. The largest absolute Gasteiger partial charge is 0.376 e. The van der Waals surface area contributed by atoms with Crippen molar-refractivity contribution in [2.24, 2.45) is 5.41 Å². The molecule has 2 rings (SSSR count). The van der Waals surface area contributed by atoms with Crippen LogP contribution in [0, 0.1) is 5.41 Å². The predicted molar refractivity (Wildman–Crippen MR) is 74.0 cm³/mol. The van der Waals surface area contributed by atoms with Crippen molar-refractivity contribution in [3.8, 4) is 0 Å². The van der Waals surface area contributed by atoms with Crippen LogP contribution in [0.4, 0.5) is 0 Å². The standard InChI is InChI=1S/C15H27NO3/c1-15(2,3)14(17)16-8-6-12(7-9-16)19-11-13-5-4-10-18-13/h12-13H,4-11H2,1-3H3/t13-/m0/s1. The Labute approximate surface area is 116 Å². The number of carbonyl (C=O) groups is 1. The first-order valence-corrected chi connectivity index (χ1v) is 7.49. The first-order chi connectivity index (χ1) is 8.97. The number of carbonyl (C=O) groups excluding carboxylic acids is 1. The van der Waals surface area contributed by atoms with Crippen molar-refractivity contribution in [2.75, 3.05) is 26.3 Å². The molecule has 2 heterocycles. The van der Waals surface area contributed by atoms with Crippen molar-refractivity contribution >= 4 is 5.91 Å². The summed E-state index contributed by atoms with van der Waals surface area (Å²) in [6.45, 7) is 9.20. The van der Waals surface area contributed by atoms with Gasteiger partial charge in [0.25, 0.3) is 0 Å². The number of nitrogens with zero attached hydrogens (tertiary/aromatic N) is 1. The number of amides is 1. The quantitative estimate of drug-likeness (QED) is 0.788. The average molecular weight is 269 g/mol. The van der Waals surface area contributed by atoms with E-state index in [-0.39, 0.29) is 11.3 Å². The van der Waals surface area contributed by atoms with Gasteiger partial charge in [-0.05, 0) is 25.7 Å². The lowest BCUT2D eigenvalue weighted by molar-refractivity contribution is -0.142. The van der Waals surface area contributed by atoms with E-state index in [9.17, 15) is 4.79 Å². The Morgan fingerprint density at radius 2 is 1.95 bits per heavy atom. The van der Waals surface area contributed by atoms with Gasteiger partial charge in [0.1, 0.15) is 0 Å². The van der Waals surface area contributed by atoms with E-state index in [0.29, 0.717) is 12.2 Å². The van der Waals surface area contributed by atoms with Gasteiger partial charge < -0.3 is 14.4 Å². The molecule has 2 aliphatic heterocycles. The molecule has 0 aromatic rings. The molecule has 0 aromatic carbocycles. The number of hydrogen-bond acceptors (Lipinski definition) is 3. The van der Waals surface area contributed by atoms with Gasteiger partial charge in [-0.2, -0.15) is 0 Å². The molecule has 2 aliphatic rings. The monoisotopic (exact) mass is 269 g/mol. The Balaban J connectivity index is 1.68. The molecule has 2 fully saturated rings. The normalized spacial score (nSPS) is 25.8. The molecular formula is C15H27NO3. The predicted octanol–water partition coefficient (Wildman–Crippen LogP) is 2.22. The van der Waals surface area contributed by atoms with Crippen molar-refractivity contribution in [3.05, 3.63) is 0 Å². The molecule has 0 spiro atoms. The molecule has 0 radical (unpaired) electrons. The first kappa shape index (κ1) is 14.8. The zero-order valence-corrected chi connectivity index (χ0v) is 12.5. The Morgan fingerprint density at radius 3 is 2.47 bits per heavy atom. The minimum absolute atomic E-state index is 0.255. The van der Waals surface area contributed by atoms with Gasteiger partial charge in [0, 0.05) is 25.1 Å². The van der Waals surface area contributed by atoms with Crippen LogP contribution in [0.15, 0.2) is 0 Å². The first-order valence-electron chi connectivity index (χ1n) is 7.49. The molecule has 19 heavy (non-hydrogen) atoms. The molecule has 1 atom stereocenters. The van der Waals surface area contributed by atoms with Gasteiger partial charge in [-0.25, -0.2) is 0 Å². The maximum Gasteiger partial charge on any atom is 0.227 e. The molecule has 0 saturated carbocycles. The molecule has 1 amide bonds. The summed E-state index contributed by atoms with van der Waals surface area (Å²) in [5.41, 5.74) is -0.272. The molecule has 0 N–H and O–H groups in total. The van der Waals surface area contributed by atoms with Crippen molar-refractivity contribution < 1.29 is 14.3 Å². The van der Waals surface area contributed by atoms with Gasteiger partial charge >= 0.3 is 0 Å². The summed E-state index contributed by atoms with van der Waals surface area (Å²) >= 11 is 0. The number of piperidine rings is 1. The second kappa shape index (κ2) is 6.23. The molecule has 0 bridgehead atoms. The highest BCUT2D eigenvalue weighted by atomic mass is 16.5. The second-order valence-corrected chi connectivity index (χ2v) is 6.71. The number of ether oxygens (including phenoxy) is 2. The van der Waals surface area contributed by atoms with E-state index >= 15 is 0 Å². The van der Waals surface area contributed by atoms with E-state index in [4.69, 9.17) is 9.47 Å². The van der Waals surface area contributed by atoms with Crippen molar-refractivity contribution in [1.29, 1.82) is 0 Å². The van der Waals surface area contributed by atoms with Gasteiger partial charge in [0.05, 0.1) is 18.8 Å². The molecular weight excluding hydrogens is 242 g/mol. The summed E-state index contributed by atoms with van der Waals surface area (Å²) in [6.07, 6.45) is 4.79. The summed E-state index contributed by atoms with van der Waals surface area (Å²) < 4.78 is 11.5. The van der Waals surface area contributed by atoms with Crippen molar-refractivity contribution in [1.82, 2.24) is 4.90 Å². The third-order valence-corrected chi connectivity index (χ3v) is 3.91. The SMILES string of the molecule is CC(C)(C)C(=O)N1CCC(OC[C@@H]2CCCO2)CC1. The Morgan fingerprint density at radius 1 is 1.26 bits per heavy atom. The van der Waals surface area contributed by atoms with Crippen LogP contribution in [-0.2, 0) is 14.3 Å². The van der Waals surface area contributed by atoms with Crippen LogP contribution in [0.5, 0.6) is 0 Å². The molecule has 4 nitrogen and oxygen atoms in total. The third-order valence-electron chi connectivity index (χ3n) is 3.91. The molecule has 0 aliphatic carbocycles. The molecule has 0 unspecified atom stereocenters. The summed E-state index contributed by atoms with van der Waals surface area (Å²) in [4.78, 5) is 14.1. The zero-order valence-electron chi connectivity index (χ0n) is 12.5. The van der Waals surface area contributed by atoms with Gasteiger partial charge in [-0.15, -0.1) is 0 Å². The molecule has 0 aromatic heterocycles. The molecule has 4 heteroatoms. The van der Waals surface area contributed by atoms with Crippen molar-refractivity contribution in [2.45, 2.75) is 58.7 Å². The topological polar surface area (TPSA) is 38.8 Å². The van der Waals surface area contributed by atoms with E-state index < -0.39 is 0 Å². The van der Waals surface area contributed by atoms with Crippen LogP contribution in [0.1, 0.15) is 46.5 Å². The summed E-state index contributed by atoms with van der Waals surface area (Å²) in [5, 5.41) is 0. The van der Waals surface area contributed by atoms with E-state index in [1.165, 1.54) is 0 Å². The lowest BCUT2D eigenvalue weighted by Crippen LogP contribution is -2.45. The fraction of sp³-hybridized carbons (Fsp3) is 0.933. The maximum atomic E-state index is 12.2. The lowest BCUT2D eigenvalue weighted by atomic mass is 9.93. The van der Waals surface area contributed by atoms with Crippen LogP contribution in [-0.4, -0.2) is 49.3 Å². The third kappa shape index (κ3) is 4.18. The van der Waals surface area contributed by atoms with E-state index in [0.717, 1.165) is 52.0 Å². The smallest absolute Gasteiger partial charge is 0.227 e. The Bertz CT molecular complexity index is 297. The second-order valence-electron chi connectivity index (χ2n) is 6.71. The van der Waals surface area contributed by atoms with Crippen LogP contribution in [0.25, 0.3) is 0 Å². The highest BCUT2D eigenvalue weighted by molar-refractivity contribution is 5.81. The maximum absolute atomic E-state index is 12.2. The van der Waals surface area contributed by atoms with Gasteiger partial charge in [0.15, 0.2) is 0 Å². The van der Waals surface area contributed by atoms with Gasteiger partial charge in [0.2, 0.25) is 5.91 Å². The molecule has 2 saturated heterocycles. The minimum Gasteiger partial charge on any atom is -0.376 e. The van der Waals surface area contributed by atoms with Gasteiger partial charge in [-0.3, -0.25) is 4.79 Å². The number of rotatable bonds is 3. The molecule has 110 valence electrons. The highest BCUT2D eigenvalue weighted by Gasteiger charge is 2.30. The summed E-state index contributed by atoms with van der Waals surface area (Å²) in [7, 11) is 0. The van der Waals surface area contributed by atoms with E-state index in [1.807, 2.05) is 25.7 Å². The van der Waals surface area contributed by atoms with Crippen LogP contribution < -0.4 is 0 Å². The Kier molecular flexibility index (Phi) is 4.85. The lowest BCUT2D eigenvalue weighted by Gasteiger charge is -2.35. The number of hydrogen-bond donors (Lipinski definition) is 0. The van der Waals surface area contributed by atoms with E-state index in [2.05, 4.69) is 0 Å². The van der Waals surface area contributed by atoms with Crippen LogP contribution in [0.2, 0.25) is 0 Å². The Hall–Kier alpha value is -0.610. The average Bonchev–Trinajstić information content (AvgIpc) is 2.88. The fourth-order valence-corrected chi connectivity index (χ4v) is 2.72. The summed E-state index contributed by atoms with van der Waals surface area (Å²) in [5.74, 6) is 0.255. The minimum atomic E-state index is -0.272. The van der Waals surface area contributed by atoms with Crippen molar-refractivity contribution in [3.63, 3.8) is 0 Å². The van der Waals surface area contributed by atoms with E-state index in [1.54, 1.807) is 0 Å². The fourth-order valence-electron chi connectivity index (χ4n) is 2.72. The highest BCUT2D eigenvalue weighted by Crippen LogP contribution is 2.22. The van der Waals surface area contributed by atoms with Gasteiger partial charge in [-0.1, -0.05) is 20.8 Å².